The van der Waals surface area contributed by atoms with Gasteiger partial charge in [-0.05, 0) is 36.0 Å². The van der Waals surface area contributed by atoms with E-state index in [-0.39, 0.29) is 27.1 Å². The van der Waals surface area contributed by atoms with Crippen LogP contribution in [0.5, 0.6) is 0 Å². The zero-order valence-electron chi connectivity index (χ0n) is 12.9. The lowest BCUT2D eigenvalue weighted by atomic mass is 10.2. The maximum atomic E-state index is 11.6. The van der Waals surface area contributed by atoms with Gasteiger partial charge < -0.3 is 15.6 Å². The number of nitrogens with one attached hydrogen (secondary N) is 1. The second-order valence-corrected chi connectivity index (χ2v) is 5.78. The van der Waals surface area contributed by atoms with E-state index in [4.69, 9.17) is 10.3 Å². The van der Waals surface area contributed by atoms with Crippen LogP contribution in [0.2, 0.25) is 0 Å². The molecule has 3 N–H and O–H groups in total. The first-order valence-corrected chi connectivity index (χ1v) is 7.75. The lowest BCUT2D eigenvalue weighted by Gasteiger charge is -2.05. The number of nitrogen functional groups attached to an aromatic ring is 1. The Bertz CT molecular complexity index is 937. The van der Waals surface area contributed by atoms with Crippen molar-refractivity contribution in [2.75, 3.05) is 12.9 Å². The minimum absolute atomic E-state index is 0.184. The molecule has 2 aromatic heterocycles. The van der Waals surface area contributed by atoms with Crippen LogP contribution in [0.1, 0.15) is 10.4 Å². The molecular formula is C14H12N6O4S. The Hall–Kier alpha value is -3.34. The molecule has 2 heterocycles. The number of nitrogens with zero attached hydrogens (tertiary/aromatic N) is 4. The van der Waals surface area contributed by atoms with Crippen molar-refractivity contribution in [3.05, 3.63) is 52.3 Å². The van der Waals surface area contributed by atoms with Crippen LogP contribution in [0, 0.1) is 10.1 Å². The molecule has 128 valence electrons. The summed E-state index contributed by atoms with van der Waals surface area (Å²) in [4.78, 5) is 22.7. The zero-order valence-corrected chi connectivity index (χ0v) is 13.7. The third-order valence-electron chi connectivity index (χ3n) is 3.25. The standard InChI is InChI=1S/C14H12N6O4S/c1-16-13(21)8-4-5-11(9(7-8)20(22)23)25-14-18-17-12(19(14)15)10-3-2-6-24-10/h2-7H,15H2,1H3,(H,16,21). The molecular weight excluding hydrogens is 348 g/mol. The summed E-state index contributed by atoms with van der Waals surface area (Å²) in [5.41, 5.74) is -0.0438. The Kier molecular flexibility index (Phi) is 4.39. The summed E-state index contributed by atoms with van der Waals surface area (Å²) in [5, 5.41) is 21.8. The van der Waals surface area contributed by atoms with Crippen LogP contribution < -0.4 is 11.2 Å². The van der Waals surface area contributed by atoms with Crippen molar-refractivity contribution >= 4 is 23.4 Å². The summed E-state index contributed by atoms with van der Waals surface area (Å²) < 4.78 is 6.40. The maximum absolute atomic E-state index is 11.6. The first kappa shape index (κ1) is 16.5. The molecule has 0 bridgehead atoms. The lowest BCUT2D eigenvalue weighted by Crippen LogP contribution is -2.17. The number of benzene rings is 1. The van der Waals surface area contributed by atoms with Crippen LogP contribution in [0.25, 0.3) is 11.6 Å². The van der Waals surface area contributed by atoms with Crippen molar-refractivity contribution < 1.29 is 14.1 Å². The van der Waals surface area contributed by atoms with Gasteiger partial charge in [0, 0.05) is 18.7 Å². The molecule has 0 unspecified atom stereocenters. The second-order valence-electron chi connectivity index (χ2n) is 4.77. The maximum Gasteiger partial charge on any atom is 0.284 e. The smallest absolute Gasteiger partial charge is 0.284 e. The molecule has 3 aromatic rings. The average molecular weight is 360 g/mol. The van der Waals surface area contributed by atoms with Crippen LogP contribution >= 0.6 is 11.8 Å². The number of rotatable bonds is 5. The molecule has 10 nitrogen and oxygen atoms in total. The number of furan rings is 1. The van der Waals surface area contributed by atoms with E-state index in [9.17, 15) is 14.9 Å². The van der Waals surface area contributed by atoms with Gasteiger partial charge >= 0.3 is 0 Å². The van der Waals surface area contributed by atoms with Crippen LogP contribution in [0.4, 0.5) is 5.69 Å². The Morgan fingerprint density at radius 2 is 2.20 bits per heavy atom. The number of hydrogen-bond donors (Lipinski definition) is 2. The van der Waals surface area contributed by atoms with Crippen molar-refractivity contribution in [1.29, 1.82) is 0 Å². The molecule has 1 amide bonds. The predicted octanol–water partition coefficient (Wildman–Crippen LogP) is 1.67. The van der Waals surface area contributed by atoms with Gasteiger partial charge in [0.2, 0.25) is 11.0 Å². The van der Waals surface area contributed by atoms with Crippen molar-refractivity contribution in [2.45, 2.75) is 10.1 Å². The molecule has 0 atom stereocenters. The normalized spacial score (nSPS) is 10.6. The molecule has 0 fully saturated rings. The summed E-state index contributed by atoms with van der Waals surface area (Å²) in [6, 6.07) is 7.50. The van der Waals surface area contributed by atoms with Gasteiger partial charge in [-0.15, -0.1) is 10.2 Å². The fraction of sp³-hybridized carbons (Fsp3) is 0.0714. The number of aromatic nitrogens is 3. The third kappa shape index (κ3) is 3.17. The fourth-order valence-electron chi connectivity index (χ4n) is 2.05. The van der Waals surface area contributed by atoms with E-state index in [0.29, 0.717) is 5.76 Å². The zero-order chi connectivity index (χ0) is 18.0. The number of nitro benzene ring substituents is 1. The number of amides is 1. The summed E-state index contributed by atoms with van der Waals surface area (Å²) in [6.45, 7) is 0. The molecule has 0 radical (unpaired) electrons. The molecule has 0 aliphatic rings. The molecule has 3 rings (SSSR count). The average Bonchev–Trinajstić information content (AvgIpc) is 3.25. The van der Waals surface area contributed by atoms with Crippen LogP contribution in [0.15, 0.2) is 51.1 Å². The number of hydrogen-bond acceptors (Lipinski definition) is 8. The van der Waals surface area contributed by atoms with Crippen molar-refractivity contribution in [3.8, 4) is 11.6 Å². The van der Waals surface area contributed by atoms with Gasteiger partial charge in [-0.1, -0.05) is 0 Å². The summed E-state index contributed by atoms with van der Waals surface area (Å²) in [6.07, 6.45) is 1.47. The number of carbonyl (C=O) groups is 1. The van der Waals surface area contributed by atoms with Gasteiger partial charge in [0.15, 0.2) is 5.76 Å². The number of nitro groups is 1. The molecule has 0 aliphatic carbocycles. The SMILES string of the molecule is CNC(=O)c1ccc(Sc2nnc(-c3ccco3)n2N)c([N+](=O)[O-])c1. The predicted molar refractivity (Wildman–Crippen MR) is 88.5 cm³/mol. The monoisotopic (exact) mass is 360 g/mol. The molecule has 0 spiro atoms. The molecule has 11 heteroatoms. The van der Waals surface area contributed by atoms with E-state index in [1.54, 1.807) is 12.1 Å². The Balaban J connectivity index is 1.96. The summed E-state index contributed by atoms with van der Waals surface area (Å²) in [7, 11) is 1.45. The van der Waals surface area contributed by atoms with Crippen molar-refractivity contribution in [1.82, 2.24) is 20.2 Å². The van der Waals surface area contributed by atoms with Gasteiger partial charge in [0.25, 0.3) is 11.6 Å². The van der Waals surface area contributed by atoms with Gasteiger partial charge in [0.05, 0.1) is 16.1 Å². The molecule has 0 saturated carbocycles. The Morgan fingerprint density at radius 3 is 2.84 bits per heavy atom. The largest absolute Gasteiger partial charge is 0.461 e. The number of carbonyl (C=O) groups excluding carboxylic acids is 1. The molecule has 1 aromatic carbocycles. The third-order valence-corrected chi connectivity index (χ3v) is 4.28. The van der Waals surface area contributed by atoms with Gasteiger partial charge in [-0.25, -0.2) is 4.68 Å². The second kappa shape index (κ2) is 6.65. The van der Waals surface area contributed by atoms with Crippen LogP contribution in [-0.2, 0) is 0 Å². The molecule has 25 heavy (non-hydrogen) atoms. The minimum Gasteiger partial charge on any atom is -0.461 e. The first-order chi connectivity index (χ1) is 12.0. The Morgan fingerprint density at radius 1 is 1.40 bits per heavy atom. The Labute approximate surface area is 145 Å². The first-order valence-electron chi connectivity index (χ1n) is 6.94. The van der Waals surface area contributed by atoms with E-state index in [2.05, 4.69) is 15.5 Å². The highest BCUT2D eigenvalue weighted by molar-refractivity contribution is 7.99. The van der Waals surface area contributed by atoms with E-state index < -0.39 is 10.8 Å². The van der Waals surface area contributed by atoms with E-state index in [0.717, 1.165) is 11.8 Å². The van der Waals surface area contributed by atoms with Gasteiger partial charge in [-0.2, -0.15) is 0 Å². The summed E-state index contributed by atoms with van der Waals surface area (Å²) >= 11 is 0.965. The van der Waals surface area contributed by atoms with Gasteiger partial charge in [0.1, 0.15) is 0 Å². The van der Waals surface area contributed by atoms with E-state index in [1.165, 1.54) is 36.2 Å². The van der Waals surface area contributed by atoms with Gasteiger partial charge in [-0.3, -0.25) is 14.9 Å². The van der Waals surface area contributed by atoms with Crippen LogP contribution in [0.3, 0.4) is 0 Å². The van der Waals surface area contributed by atoms with E-state index >= 15 is 0 Å². The van der Waals surface area contributed by atoms with Crippen molar-refractivity contribution in [3.63, 3.8) is 0 Å². The lowest BCUT2D eigenvalue weighted by molar-refractivity contribution is -0.387. The topological polar surface area (TPSA) is 142 Å². The highest BCUT2D eigenvalue weighted by atomic mass is 32.2. The quantitative estimate of drug-likeness (QED) is 0.397. The van der Waals surface area contributed by atoms with Crippen molar-refractivity contribution in [2.24, 2.45) is 0 Å². The van der Waals surface area contributed by atoms with E-state index in [1.807, 2.05) is 0 Å². The number of nitrogens with two attached hydrogens (primary N) is 1. The summed E-state index contributed by atoms with van der Waals surface area (Å²) in [5.74, 6) is 6.24. The van der Waals surface area contributed by atoms with Crippen LogP contribution in [-0.4, -0.2) is 32.8 Å². The fourth-order valence-corrected chi connectivity index (χ4v) is 2.89. The highest BCUT2D eigenvalue weighted by Gasteiger charge is 2.21. The molecule has 0 saturated heterocycles. The highest BCUT2D eigenvalue weighted by Crippen LogP contribution is 2.35. The minimum atomic E-state index is -0.570. The molecule has 0 aliphatic heterocycles.